The fourth-order valence-electron chi connectivity index (χ4n) is 3.88. The topological polar surface area (TPSA) is 84.0 Å². The monoisotopic (exact) mass is 404 g/mol. The molecule has 2 aromatic rings. The maximum atomic E-state index is 13.5. The molecule has 0 aliphatic carbocycles. The number of nitrogens with zero attached hydrogens (tertiary/aromatic N) is 2. The van der Waals surface area contributed by atoms with Gasteiger partial charge in [-0.2, -0.15) is 0 Å². The molecule has 0 saturated carbocycles. The first kappa shape index (κ1) is 19.6. The lowest BCUT2D eigenvalue weighted by Crippen LogP contribution is -2.53. The van der Waals surface area contributed by atoms with Crippen molar-refractivity contribution in [3.8, 4) is 0 Å². The zero-order valence-corrected chi connectivity index (χ0v) is 16.4. The number of esters is 1. The van der Waals surface area contributed by atoms with Crippen molar-refractivity contribution in [1.82, 2.24) is 9.80 Å². The smallest absolute Gasteiger partial charge is 0.329 e. The lowest BCUT2D eigenvalue weighted by atomic mass is 10.0. The Morgan fingerprint density at radius 2 is 1.60 bits per heavy atom. The van der Waals surface area contributed by atoms with Gasteiger partial charge in [0.15, 0.2) is 0 Å². The standard InChI is InChI=1S/C23H20N2O5/c1-30-23(29)18-12-7-13-24(18)22(28)19(14-15-8-3-2-4-9-15)25-20(26)16-10-5-6-11-17(16)21(25)27/h2-11,13,18-19H,12,14H2,1H3/t18-,19-/m0/s1. The highest BCUT2D eigenvalue weighted by molar-refractivity contribution is 6.23. The fraction of sp³-hybridized carbons (Fsp3) is 0.217. The van der Waals surface area contributed by atoms with Crippen molar-refractivity contribution in [3.05, 3.63) is 83.6 Å². The van der Waals surface area contributed by atoms with Gasteiger partial charge in [-0.15, -0.1) is 0 Å². The van der Waals surface area contributed by atoms with Crippen molar-refractivity contribution < 1.29 is 23.9 Å². The highest BCUT2D eigenvalue weighted by Gasteiger charge is 2.45. The van der Waals surface area contributed by atoms with E-state index in [1.165, 1.54) is 18.2 Å². The van der Waals surface area contributed by atoms with E-state index in [9.17, 15) is 19.2 Å². The van der Waals surface area contributed by atoms with Gasteiger partial charge < -0.3 is 9.64 Å². The van der Waals surface area contributed by atoms with Crippen LogP contribution >= 0.6 is 0 Å². The lowest BCUT2D eigenvalue weighted by molar-refractivity contribution is -0.151. The van der Waals surface area contributed by atoms with E-state index < -0.39 is 35.8 Å². The Labute approximate surface area is 173 Å². The van der Waals surface area contributed by atoms with E-state index in [0.717, 1.165) is 10.5 Å². The molecule has 0 bridgehead atoms. The second kappa shape index (κ2) is 7.94. The van der Waals surface area contributed by atoms with Gasteiger partial charge in [0.2, 0.25) is 0 Å². The largest absolute Gasteiger partial charge is 0.467 e. The van der Waals surface area contributed by atoms with Crippen LogP contribution in [-0.2, 0) is 20.7 Å². The van der Waals surface area contributed by atoms with E-state index in [1.807, 2.05) is 30.3 Å². The summed E-state index contributed by atoms with van der Waals surface area (Å²) in [5, 5.41) is 0. The number of carbonyl (C=O) groups excluding carboxylic acids is 4. The number of hydrogen-bond donors (Lipinski definition) is 0. The van der Waals surface area contributed by atoms with E-state index in [4.69, 9.17) is 4.74 Å². The third-order valence-corrected chi connectivity index (χ3v) is 5.38. The van der Waals surface area contributed by atoms with Crippen LogP contribution in [0.2, 0.25) is 0 Å². The Morgan fingerprint density at radius 3 is 2.20 bits per heavy atom. The molecule has 2 heterocycles. The van der Waals surface area contributed by atoms with Crippen LogP contribution in [0.1, 0.15) is 32.7 Å². The van der Waals surface area contributed by atoms with Gasteiger partial charge in [0.05, 0.1) is 18.2 Å². The van der Waals surface area contributed by atoms with Gasteiger partial charge in [-0.25, -0.2) is 4.79 Å². The molecular weight excluding hydrogens is 384 g/mol. The summed E-state index contributed by atoms with van der Waals surface area (Å²) in [5.74, 6) is -2.07. The van der Waals surface area contributed by atoms with Crippen molar-refractivity contribution in [2.75, 3.05) is 7.11 Å². The molecule has 0 radical (unpaired) electrons. The summed E-state index contributed by atoms with van der Waals surface area (Å²) < 4.78 is 4.81. The van der Waals surface area contributed by atoms with Crippen LogP contribution in [0.5, 0.6) is 0 Å². The maximum Gasteiger partial charge on any atom is 0.329 e. The second-order valence-corrected chi connectivity index (χ2v) is 7.14. The molecule has 30 heavy (non-hydrogen) atoms. The van der Waals surface area contributed by atoms with Gasteiger partial charge in [-0.05, 0) is 24.1 Å². The van der Waals surface area contributed by atoms with Crippen LogP contribution in [0.25, 0.3) is 0 Å². The van der Waals surface area contributed by atoms with Crippen LogP contribution in [0.15, 0.2) is 66.9 Å². The summed E-state index contributed by atoms with van der Waals surface area (Å²) in [7, 11) is 1.26. The predicted octanol–water partition coefficient (Wildman–Crippen LogP) is 2.18. The summed E-state index contributed by atoms with van der Waals surface area (Å²) in [4.78, 5) is 54.1. The third-order valence-electron chi connectivity index (χ3n) is 5.38. The summed E-state index contributed by atoms with van der Waals surface area (Å²) in [6, 6.07) is 13.8. The molecule has 152 valence electrons. The Hall–Kier alpha value is -3.74. The van der Waals surface area contributed by atoms with Crippen molar-refractivity contribution >= 4 is 23.7 Å². The molecule has 2 aromatic carbocycles. The van der Waals surface area contributed by atoms with Crippen LogP contribution in [-0.4, -0.2) is 52.7 Å². The minimum Gasteiger partial charge on any atom is -0.467 e. The number of methoxy groups -OCH3 is 1. The molecule has 2 aliphatic rings. The molecule has 0 spiro atoms. The molecular formula is C23H20N2O5. The lowest BCUT2D eigenvalue weighted by Gasteiger charge is -2.31. The number of ether oxygens (including phenoxy) is 1. The van der Waals surface area contributed by atoms with Gasteiger partial charge in [0.25, 0.3) is 17.7 Å². The maximum absolute atomic E-state index is 13.5. The molecule has 7 nitrogen and oxygen atoms in total. The summed E-state index contributed by atoms with van der Waals surface area (Å²) in [6.45, 7) is 0. The van der Waals surface area contributed by atoms with E-state index in [-0.39, 0.29) is 17.5 Å². The molecule has 0 fully saturated rings. The molecule has 2 aliphatic heterocycles. The molecule has 0 aromatic heterocycles. The van der Waals surface area contributed by atoms with Gasteiger partial charge in [0.1, 0.15) is 12.1 Å². The minimum absolute atomic E-state index is 0.142. The van der Waals surface area contributed by atoms with Crippen LogP contribution in [0.3, 0.4) is 0 Å². The number of benzene rings is 2. The van der Waals surface area contributed by atoms with E-state index in [2.05, 4.69) is 0 Å². The van der Waals surface area contributed by atoms with Crippen LogP contribution in [0.4, 0.5) is 0 Å². The van der Waals surface area contributed by atoms with E-state index >= 15 is 0 Å². The Kier molecular flexibility index (Phi) is 5.18. The first-order valence-corrected chi connectivity index (χ1v) is 9.60. The summed E-state index contributed by atoms with van der Waals surface area (Å²) >= 11 is 0. The Balaban J connectivity index is 1.72. The predicted molar refractivity (Wildman–Crippen MR) is 107 cm³/mol. The number of carbonyl (C=O) groups is 4. The van der Waals surface area contributed by atoms with Crippen molar-refractivity contribution in [2.45, 2.75) is 24.9 Å². The first-order valence-electron chi connectivity index (χ1n) is 9.60. The number of imide groups is 1. The molecule has 3 amide bonds. The molecule has 7 heteroatoms. The number of fused-ring (bicyclic) bond motifs is 1. The van der Waals surface area contributed by atoms with E-state index in [1.54, 1.807) is 30.3 Å². The molecule has 0 N–H and O–H groups in total. The fourth-order valence-corrected chi connectivity index (χ4v) is 3.88. The average molecular weight is 404 g/mol. The highest BCUT2D eigenvalue weighted by Crippen LogP contribution is 2.28. The first-order chi connectivity index (χ1) is 14.5. The SMILES string of the molecule is COC(=O)[C@@H]1CC=CN1C(=O)[C@H](Cc1ccccc1)N1C(=O)c2ccccc2C1=O. The highest BCUT2D eigenvalue weighted by atomic mass is 16.5. The average Bonchev–Trinajstić information content (AvgIpc) is 3.36. The zero-order valence-electron chi connectivity index (χ0n) is 16.4. The second-order valence-electron chi connectivity index (χ2n) is 7.14. The van der Waals surface area contributed by atoms with E-state index in [0.29, 0.717) is 6.42 Å². The number of hydrogen-bond acceptors (Lipinski definition) is 5. The Morgan fingerprint density at radius 1 is 1.00 bits per heavy atom. The van der Waals surface area contributed by atoms with Crippen molar-refractivity contribution in [1.29, 1.82) is 0 Å². The van der Waals surface area contributed by atoms with Crippen molar-refractivity contribution in [3.63, 3.8) is 0 Å². The normalized spacial score (nSPS) is 18.5. The summed E-state index contributed by atoms with van der Waals surface area (Å²) in [5.41, 5.74) is 1.34. The van der Waals surface area contributed by atoms with Gasteiger partial charge >= 0.3 is 5.97 Å². The zero-order chi connectivity index (χ0) is 21.3. The van der Waals surface area contributed by atoms with Crippen molar-refractivity contribution in [2.24, 2.45) is 0 Å². The molecule has 4 rings (SSSR count). The van der Waals surface area contributed by atoms with Crippen LogP contribution in [0, 0.1) is 0 Å². The van der Waals surface area contributed by atoms with Gasteiger partial charge in [-0.1, -0.05) is 48.5 Å². The van der Waals surface area contributed by atoms with Crippen LogP contribution < -0.4 is 0 Å². The minimum atomic E-state index is -1.09. The number of rotatable bonds is 5. The third kappa shape index (κ3) is 3.28. The summed E-state index contributed by atoms with van der Waals surface area (Å²) in [6.07, 6.45) is 3.67. The quantitative estimate of drug-likeness (QED) is 0.563. The van der Waals surface area contributed by atoms with Gasteiger partial charge in [-0.3, -0.25) is 19.3 Å². The van der Waals surface area contributed by atoms with Gasteiger partial charge in [0, 0.05) is 12.6 Å². The molecule has 2 atom stereocenters. The molecule has 0 saturated heterocycles. The molecule has 0 unspecified atom stereocenters. The Bertz CT molecular complexity index is 1010. The number of amides is 3.